The molecule has 3 rings (SSSR count). The molecule has 29 heavy (non-hydrogen) atoms. The minimum absolute atomic E-state index is 0.172. The van der Waals surface area contributed by atoms with Crippen LogP contribution in [0, 0.1) is 0 Å². The van der Waals surface area contributed by atoms with E-state index in [4.69, 9.17) is 9.47 Å². The smallest absolute Gasteiger partial charge is 0.277 e. The standard InChI is InChI=1S/C24H22N2O3/c1-28-22-14-8-9-15-23(22)29-18-24(27)26-25-21(20-12-6-3-7-13-20)17-16-19-10-4-2-5-11-19/h2-17H,18H2,1H3,(H,26,27). The summed E-state index contributed by atoms with van der Waals surface area (Å²) >= 11 is 0. The number of benzene rings is 3. The zero-order valence-electron chi connectivity index (χ0n) is 16.1. The van der Waals surface area contributed by atoms with E-state index in [2.05, 4.69) is 10.5 Å². The highest BCUT2D eigenvalue weighted by atomic mass is 16.5. The third kappa shape index (κ3) is 6.07. The quantitative estimate of drug-likeness (QED) is 0.464. The number of rotatable bonds is 8. The lowest BCUT2D eigenvalue weighted by molar-refractivity contribution is -0.123. The van der Waals surface area contributed by atoms with Crippen LogP contribution in [0.3, 0.4) is 0 Å². The van der Waals surface area contributed by atoms with Crippen molar-refractivity contribution in [2.45, 2.75) is 0 Å². The molecular weight excluding hydrogens is 364 g/mol. The van der Waals surface area contributed by atoms with Crippen LogP contribution in [0.4, 0.5) is 0 Å². The molecule has 0 aromatic heterocycles. The predicted octanol–water partition coefficient (Wildman–Crippen LogP) is 4.31. The molecule has 0 saturated carbocycles. The Morgan fingerprint density at radius 2 is 1.52 bits per heavy atom. The predicted molar refractivity (Wildman–Crippen MR) is 115 cm³/mol. The highest BCUT2D eigenvalue weighted by molar-refractivity contribution is 6.11. The molecule has 5 nitrogen and oxygen atoms in total. The molecule has 146 valence electrons. The Labute approximate surface area is 170 Å². The van der Waals surface area contributed by atoms with E-state index in [0.717, 1.165) is 11.1 Å². The van der Waals surface area contributed by atoms with E-state index in [1.807, 2.05) is 84.9 Å². The zero-order valence-corrected chi connectivity index (χ0v) is 16.1. The van der Waals surface area contributed by atoms with Gasteiger partial charge in [-0.05, 0) is 23.8 Å². The van der Waals surface area contributed by atoms with Crippen LogP contribution in [-0.2, 0) is 4.79 Å². The van der Waals surface area contributed by atoms with Gasteiger partial charge in [0.1, 0.15) is 0 Å². The van der Waals surface area contributed by atoms with Gasteiger partial charge >= 0.3 is 0 Å². The second-order valence-corrected chi connectivity index (χ2v) is 6.08. The summed E-state index contributed by atoms with van der Waals surface area (Å²) in [6.07, 6.45) is 3.81. The maximum atomic E-state index is 12.2. The van der Waals surface area contributed by atoms with Gasteiger partial charge < -0.3 is 9.47 Å². The summed E-state index contributed by atoms with van der Waals surface area (Å²) in [7, 11) is 1.55. The van der Waals surface area contributed by atoms with Gasteiger partial charge in [-0.15, -0.1) is 0 Å². The van der Waals surface area contributed by atoms with E-state index in [1.54, 1.807) is 19.2 Å². The molecule has 0 unspecified atom stereocenters. The lowest BCUT2D eigenvalue weighted by Crippen LogP contribution is -2.25. The van der Waals surface area contributed by atoms with E-state index in [-0.39, 0.29) is 12.5 Å². The average molecular weight is 386 g/mol. The fourth-order valence-corrected chi connectivity index (χ4v) is 2.58. The molecule has 0 aliphatic rings. The Bertz CT molecular complexity index is 983. The van der Waals surface area contributed by atoms with E-state index >= 15 is 0 Å². The molecule has 1 N–H and O–H groups in total. The normalized spacial score (nSPS) is 11.3. The van der Waals surface area contributed by atoms with Crippen LogP contribution >= 0.6 is 0 Å². The van der Waals surface area contributed by atoms with Gasteiger partial charge in [0.05, 0.1) is 12.8 Å². The fourth-order valence-electron chi connectivity index (χ4n) is 2.58. The molecule has 1 amide bonds. The molecule has 0 spiro atoms. The molecule has 3 aromatic carbocycles. The molecular formula is C24H22N2O3. The van der Waals surface area contributed by atoms with Crippen LogP contribution in [0.5, 0.6) is 11.5 Å². The fraction of sp³-hybridized carbons (Fsp3) is 0.0833. The van der Waals surface area contributed by atoms with Crippen molar-refractivity contribution in [1.82, 2.24) is 5.43 Å². The number of nitrogens with zero attached hydrogens (tertiary/aromatic N) is 1. The number of allylic oxidation sites excluding steroid dienone is 1. The van der Waals surface area contributed by atoms with Gasteiger partial charge in [-0.3, -0.25) is 4.79 Å². The number of para-hydroxylation sites is 2. The Hall–Kier alpha value is -3.86. The van der Waals surface area contributed by atoms with E-state index in [0.29, 0.717) is 17.2 Å². The number of carbonyl (C=O) groups excluding carboxylic acids is 1. The summed E-state index contributed by atoms with van der Waals surface area (Å²) in [6.45, 7) is -0.172. The molecule has 0 atom stereocenters. The Balaban J connectivity index is 1.69. The van der Waals surface area contributed by atoms with Crippen molar-refractivity contribution < 1.29 is 14.3 Å². The number of methoxy groups -OCH3 is 1. The molecule has 0 aliphatic carbocycles. The zero-order chi connectivity index (χ0) is 20.3. The largest absolute Gasteiger partial charge is 0.493 e. The molecule has 0 fully saturated rings. The van der Waals surface area contributed by atoms with Crippen molar-refractivity contribution in [1.29, 1.82) is 0 Å². The van der Waals surface area contributed by atoms with E-state index < -0.39 is 0 Å². The van der Waals surface area contributed by atoms with Crippen molar-refractivity contribution in [2.75, 3.05) is 13.7 Å². The van der Waals surface area contributed by atoms with E-state index in [9.17, 15) is 4.79 Å². The Morgan fingerprint density at radius 1 is 0.897 bits per heavy atom. The van der Waals surface area contributed by atoms with Crippen molar-refractivity contribution in [3.05, 3.63) is 102 Å². The Morgan fingerprint density at radius 3 is 2.21 bits per heavy atom. The van der Waals surface area contributed by atoms with Crippen LogP contribution in [-0.4, -0.2) is 25.3 Å². The van der Waals surface area contributed by atoms with Crippen LogP contribution in [0.2, 0.25) is 0 Å². The summed E-state index contributed by atoms with van der Waals surface area (Å²) in [5.41, 5.74) is 5.13. The molecule has 0 heterocycles. The number of hydrazone groups is 1. The highest BCUT2D eigenvalue weighted by Crippen LogP contribution is 2.25. The van der Waals surface area contributed by atoms with Gasteiger partial charge in [0, 0.05) is 5.56 Å². The topological polar surface area (TPSA) is 59.9 Å². The number of amides is 1. The molecule has 0 aliphatic heterocycles. The second kappa shape index (κ2) is 10.5. The van der Waals surface area contributed by atoms with Gasteiger partial charge in [-0.2, -0.15) is 5.10 Å². The summed E-state index contributed by atoms with van der Waals surface area (Å²) in [6, 6.07) is 26.7. The van der Waals surface area contributed by atoms with Crippen LogP contribution < -0.4 is 14.9 Å². The first-order valence-electron chi connectivity index (χ1n) is 9.17. The lowest BCUT2D eigenvalue weighted by atomic mass is 10.1. The van der Waals surface area contributed by atoms with Gasteiger partial charge in [0.15, 0.2) is 18.1 Å². The van der Waals surface area contributed by atoms with Gasteiger partial charge in [-0.25, -0.2) is 5.43 Å². The number of nitrogens with one attached hydrogen (secondary N) is 1. The SMILES string of the molecule is COc1ccccc1OCC(=O)NN=C(C=Cc1ccccc1)c1ccccc1. The van der Waals surface area contributed by atoms with Crippen molar-refractivity contribution in [3.63, 3.8) is 0 Å². The van der Waals surface area contributed by atoms with Gasteiger partial charge in [0.2, 0.25) is 0 Å². The minimum Gasteiger partial charge on any atom is -0.493 e. The van der Waals surface area contributed by atoms with Gasteiger partial charge in [0.25, 0.3) is 5.91 Å². The molecule has 5 heteroatoms. The molecule has 0 radical (unpaired) electrons. The molecule has 0 bridgehead atoms. The first-order valence-corrected chi connectivity index (χ1v) is 9.17. The van der Waals surface area contributed by atoms with Crippen LogP contribution in [0.1, 0.15) is 11.1 Å². The van der Waals surface area contributed by atoms with Crippen LogP contribution in [0.25, 0.3) is 6.08 Å². The molecule has 3 aromatic rings. The third-order valence-electron chi connectivity index (χ3n) is 4.03. The summed E-state index contributed by atoms with van der Waals surface area (Å²) in [5, 5.41) is 4.28. The van der Waals surface area contributed by atoms with Crippen molar-refractivity contribution >= 4 is 17.7 Å². The summed E-state index contributed by atoms with van der Waals surface area (Å²) < 4.78 is 10.7. The number of ether oxygens (including phenoxy) is 2. The van der Waals surface area contributed by atoms with Crippen LogP contribution in [0.15, 0.2) is 96.1 Å². The second-order valence-electron chi connectivity index (χ2n) is 6.08. The third-order valence-corrected chi connectivity index (χ3v) is 4.03. The first-order chi connectivity index (χ1) is 14.3. The monoisotopic (exact) mass is 386 g/mol. The van der Waals surface area contributed by atoms with Crippen molar-refractivity contribution in [3.8, 4) is 11.5 Å². The summed E-state index contributed by atoms with van der Waals surface area (Å²) in [5.74, 6) is 0.707. The maximum absolute atomic E-state index is 12.2. The van der Waals surface area contributed by atoms with E-state index in [1.165, 1.54) is 0 Å². The highest BCUT2D eigenvalue weighted by Gasteiger charge is 2.07. The van der Waals surface area contributed by atoms with Gasteiger partial charge in [-0.1, -0.05) is 78.9 Å². The maximum Gasteiger partial charge on any atom is 0.277 e. The number of carbonyl (C=O) groups is 1. The number of hydrogen-bond donors (Lipinski definition) is 1. The summed E-state index contributed by atoms with van der Waals surface area (Å²) in [4.78, 5) is 12.2. The Kier molecular flexibility index (Phi) is 7.18. The number of hydrogen-bond acceptors (Lipinski definition) is 4. The minimum atomic E-state index is -0.363. The van der Waals surface area contributed by atoms with Crippen molar-refractivity contribution in [2.24, 2.45) is 5.10 Å². The molecule has 0 saturated heterocycles. The lowest BCUT2D eigenvalue weighted by Gasteiger charge is -2.09. The average Bonchev–Trinajstić information content (AvgIpc) is 2.79. The first kappa shape index (κ1) is 19.9.